The smallest absolute Gasteiger partial charge is 0.239 e. The molecule has 2 aromatic carbocycles. The molecule has 0 unspecified atom stereocenters. The maximum Gasteiger partial charge on any atom is 0.239 e. The van der Waals surface area contributed by atoms with Crippen LogP contribution >= 0.6 is 0 Å². The Kier molecular flexibility index (Phi) is 12.3. The number of hydrogen-bond acceptors (Lipinski definition) is 5. The molecule has 3 N–H and O–H groups in total. The van der Waals surface area contributed by atoms with Crippen molar-refractivity contribution in [1.82, 2.24) is 16.0 Å². The number of para-hydroxylation sites is 2. The normalized spacial score (nSPS) is 12.5. The van der Waals surface area contributed by atoms with Crippen molar-refractivity contribution in [2.45, 2.75) is 51.4 Å². The third kappa shape index (κ3) is 9.46. The van der Waals surface area contributed by atoms with Crippen molar-refractivity contribution >= 4 is 24.0 Å². The van der Waals surface area contributed by atoms with Crippen LogP contribution in [0.5, 0.6) is 0 Å². The second-order valence-corrected chi connectivity index (χ2v) is 9.26. The van der Waals surface area contributed by atoms with Crippen molar-refractivity contribution in [3.05, 3.63) is 59.7 Å². The number of rotatable bonds is 17. The van der Waals surface area contributed by atoms with Gasteiger partial charge in [0.05, 0.1) is 0 Å². The van der Waals surface area contributed by atoms with E-state index < -0.39 is 0 Å². The zero-order valence-electron chi connectivity index (χ0n) is 21.2. The van der Waals surface area contributed by atoms with Crippen LogP contribution in [0.15, 0.2) is 53.5 Å². The van der Waals surface area contributed by atoms with Crippen LogP contribution in [0.2, 0.25) is 0 Å². The topological polar surface area (TPSA) is 68.8 Å². The minimum atomic E-state index is 0.0812. The molecule has 0 bridgehead atoms. The lowest BCUT2D eigenvalue weighted by atomic mass is 10.0. The van der Waals surface area contributed by atoms with E-state index in [2.05, 4.69) is 81.1 Å². The number of fused-ring (bicyclic) bond motifs is 2. The molecule has 0 saturated heterocycles. The molecule has 1 aliphatic rings. The van der Waals surface area contributed by atoms with Gasteiger partial charge in [0.1, 0.15) is 6.54 Å². The molecular formula is C29H43N5O. The molecule has 0 radical (unpaired) electrons. The summed E-state index contributed by atoms with van der Waals surface area (Å²) in [7, 11) is 0. The van der Waals surface area contributed by atoms with Gasteiger partial charge in [-0.1, -0.05) is 36.4 Å². The van der Waals surface area contributed by atoms with Gasteiger partial charge < -0.3 is 25.8 Å². The average Bonchev–Trinajstić information content (AvgIpc) is 3.04. The highest BCUT2D eigenvalue weighted by Gasteiger charge is 2.21. The first-order valence-electron chi connectivity index (χ1n) is 13.3. The molecule has 2 aromatic rings. The number of amides is 1. The Hall–Kier alpha value is -2.70. The van der Waals surface area contributed by atoms with E-state index in [0.717, 1.165) is 82.7 Å². The van der Waals surface area contributed by atoms with E-state index in [-0.39, 0.29) is 5.91 Å². The first kappa shape index (κ1) is 26.9. The Balaban J connectivity index is 1.27. The van der Waals surface area contributed by atoms with Crippen LogP contribution in [-0.2, 0) is 17.6 Å². The Bertz CT molecular complexity index is 853. The Labute approximate surface area is 211 Å². The van der Waals surface area contributed by atoms with Gasteiger partial charge in [0.25, 0.3) is 0 Å². The van der Waals surface area contributed by atoms with Crippen LogP contribution in [0, 0.1) is 0 Å². The number of aliphatic imine (C=N–C) groups is 1. The molecule has 0 aromatic heterocycles. The van der Waals surface area contributed by atoms with Gasteiger partial charge in [0.2, 0.25) is 5.91 Å². The number of unbranched alkanes of at least 4 members (excludes halogenated alkanes) is 3. The van der Waals surface area contributed by atoms with Gasteiger partial charge in [0.15, 0.2) is 0 Å². The predicted molar refractivity (Wildman–Crippen MR) is 148 cm³/mol. The van der Waals surface area contributed by atoms with Crippen LogP contribution in [0.4, 0.5) is 11.4 Å². The highest BCUT2D eigenvalue weighted by molar-refractivity contribution is 5.86. The maximum atomic E-state index is 12.8. The standard InChI is InChI=1S/C29H43N5O/c1-30-18-6-7-19-31-20-8-9-21-32-22-10-11-23-33-29(35)24-34-27-14-4-2-12-25(27)16-17-26-13-3-5-15-28(26)34/h2-5,12-15,31-32H,1,6-11,16-24H2,(H,33,35). The fourth-order valence-corrected chi connectivity index (χ4v) is 4.57. The van der Waals surface area contributed by atoms with E-state index in [1.807, 2.05) is 0 Å². The third-order valence-electron chi connectivity index (χ3n) is 6.51. The van der Waals surface area contributed by atoms with Crippen LogP contribution in [0.1, 0.15) is 49.7 Å². The number of anilines is 2. The monoisotopic (exact) mass is 477 g/mol. The number of benzene rings is 2. The Morgan fingerprint density at radius 2 is 1.23 bits per heavy atom. The molecule has 35 heavy (non-hydrogen) atoms. The van der Waals surface area contributed by atoms with E-state index >= 15 is 0 Å². The van der Waals surface area contributed by atoms with Gasteiger partial charge in [-0.2, -0.15) is 0 Å². The summed E-state index contributed by atoms with van der Waals surface area (Å²) in [6.07, 6.45) is 8.76. The number of nitrogens with one attached hydrogen (secondary N) is 3. The first-order valence-corrected chi connectivity index (χ1v) is 13.3. The van der Waals surface area contributed by atoms with Gasteiger partial charge in [-0.3, -0.25) is 4.79 Å². The summed E-state index contributed by atoms with van der Waals surface area (Å²) in [5.74, 6) is 0.0812. The van der Waals surface area contributed by atoms with Gasteiger partial charge >= 0.3 is 0 Å². The fourth-order valence-electron chi connectivity index (χ4n) is 4.57. The predicted octanol–water partition coefficient (Wildman–Crippen LogP) is 4.26. The summed E-state index contributed by atoms with van der Waals surface area (Å²) in [6, 6.07) is 16.9. The second-order valence-electron chi connectivity index (χ2n) is 9.26. The van der Waals surface area contributed by atoms with Crippen LogP contribution < -0.4 is 20.9 Å². The highest BCUT2D eigenvalue weighted by atomic mass is 16.2. The molecule has 0 saturated carbocycles. The fraction of sp³-hybridized carbons (Fsp3) is 0.517. The molecule has 0 spiro atoms. The molecule has 6 nitrogen and oxygen atoms in total. The SMILES string of the molecule is C=NCCCCNCCCCNCCCCNC(=O)CN1c2ccccc2CCc2ccccc21. The van der Waals surface area contributed by atoms with Crippen LogP contribution in [-0.4, -0.2) is 58.4 Å². The van der Waals surface area contributed by atoms with Crippen molar-refractivity contribution < 1.29 is 4.79 Å². The molecule has 0 fully saturated rings. The number of hydrogen-bond donors (Lipinski definition) is 3. The molecule has 0 atom stereocenters. The maximum absolute atomic E-state index is 12.8. The number of aryl methyl sites for hydroxylation is 2. The van der Waals surface area contributed by atoms with Crippen molar-refractivity contribution in [1.29, 1.82) is 0 Å². The van der Waals surface area contributed by atoms with E-state index in [9.17, 15) is 4.79 Å². The van der Waals surface area contributed by atoms with Gasteiger partial charge in [-0.15, -0.1) is 0 Å². The lowest BCUT2D eigenvalue weighted by Crippen LogP contribution is -2.36. The summed E-state index contributed by atoms with van der Waals surface area (Å²) >= 11 is 0. The van der Waals surface area contributed by atoms with Crippen molar-refractivity contribution in [2.24, 2.45) is 4.99 Å². The molecule has 1 heterocycles. The van der Waals surface area contributed by atoms with E-state index in [4.69, 9.17) is 0 Å². The quantitative estimate of drug-likeness (QED) is 0.235. The minimum Gasteiger partial charge on any atom is -0.355 e. The molecule has 3 rings (SSSR count). The average molecular weight is 478 g/mol. The third-order valence-corrected chi connectivity index (χ3v) is 6.51. The first-order chi connectivity index (χ1) is 17.3. The van der Waals surface area contributed by atoms with Gasteiger partial charge in [-0.05, 0) is 108 Å². The molecule has 6 heteroatoms. The highest BCUT2D eigenvalue weighted by Crippen LogP contribution is 2.35. The van der Waals surface area contributed by atoms with Crippen molar-refractivity contribution in [3.63, 3.8) is 0 Å². The Morgan fingerprint density at radius 3 is 1.77 bits per heavy atom. The summed E-state index contributed by atoms with van der Waals surface area (Å²) in [4.78, 5) is 18.8. The molecule has 1 aliphatic heterocycles. The molecular weight excluding hydrogens is 434 g/mol. The minimum absolute atomic E-state index is 0.0812. The van der Waals surface area contributed by atoms with E-state index in [0.29, 0.717) is 6.54 Å². The zero-order valence-corrected chi connectivity index (χ0v) is 21.2. The Morgan fingerprint density at radius 1 is 0.743 bits per heavy atom. The molecule has 190 valence electrons. The van der Waals surface area contributed by atoms with E-state index in [1.165, 1.54) is 30.4 Å². The summed E-state index contributed by atoms with van der Waals surface area (Å²) in [5.41, 5.74) is 4.91. The largest absolute Gasteiger partial charge is 0.355 e. The van der Waals surface area contributed by atoms with Crippen molar-refractivity contribution in [3.8, 4) is 0 Å². The zero-order chi connectivity index (χ0) is 24.6. The summed E-state index contributed by atoms with van der Waals surface area (Å²) in [6.45, 7) is 9.68. The summed E-state index contributed by atoms with van der Waals surface area (Å²) in [5, 5.41) is 10.1. The van der Waals surface area contributed by atoms with E-state index in [1.54, 1.807) is 0 Å². The van der Waals surface area contributed by atoms with Crippen LogP contribution in [0.3, 0.4) is 0 Å². The molecule has 0 aliphatic carbocycles. The number of nitrogens with zero attached hydrogens (tertiary/aromatic N) is 2. The molecule has 1 amide bonds. The number of carbonyl (C=O) groups excluding carboxylic acids is 1. The van der Waals surface area contributed by atoms with Gasteiger partial charge in [-0.25, -0.2) is 0 Å². The lowest BCUT2D eigenvalue weighted by Gasteiger charge is -2.26. The second kappa shape index (κ2) is 16.1. The van der Waals surface area contributed by atoms with Crippen LogP contribution in [0.25, 0.3) is 0 Å². The number of carbonyl (C=O) groups is 1. The summed E-state index contributed by atoms with van der Waals surface area (Å²) < 4.78 is 0. The lowest BCUT2D eigenvalue weighted by molar-refractivity contribution is -0.119. The van der Waals surface area contributed by atoms with Gasteiger partial charge in [0, 0.05) is 24.5 Å². The van der Waals surface area contributed by atoms with Crippen molar-refractivity contribution in [2.75, 3.05) is 50.7 Å².